The largest absolute Gasteiger partial charge is 0.461 e. The monoisotopic (exact) mass is 224 g/mol. The molecule has 0 spiro atoms. The second-order valence-corrected chi connectivity index (χ2v) is 3.96. The third-order valence-electron chi connectivity index (χ3n) is 1.56. The third-order valence-corrected chi connectivity index (χ3v) is 2.40. The van der Waals surface area contributed by atoms with E-state index >= 15 is 0 Å². The van der Waals surface area contributed by atoms with Crippen LogP contribution in [0.25, 0.3) is 6.08 Å². The van der Waals surface area contributed by atoms with Crippen LogP contribution in [0.3, 0.4) is 0 Å². The van der Waals surface area contributed by atoms with Gasteiger partial charge in [-0.3, -0.25) is 9.59 Å². The average Bonchev–Trinajstić information content (AvgIpc) is 2.63. The van der Waals surface area contributed by atoms with Crippen LogP contribution in [0, 0.1) is 0 Å². The lowest BCUT2D eigenvalue weighted by Gasteiger charge is -1.98. The van der Waals surface area contributed by atoms with Crippen molar-refractivity contribution in [3.63, 3.8) is 0 Å². The van der Waals surface area contributed by atoms with Gasteiger partial charge in [0.05, 0.1) is 0 Å². The normalized spacial score (nSPS) is 10.5. The minimum atomic E-state index is -0.474. The Morgan fingerprint density at radius 3 is 2.93 bits per heavy atom. The van der Waals surface area contributed by atoms with Gasteiger partial charge in [-0.05, 0) is 30.5 Å². The summed E-state index contributed by atoms with van der Waals surface area (Å²) in [6, 6.07) is 3.92. The van der Waals surface area contributed by atoms with E-state index in [1.165, 1.54) is 6.92 Å². The van der Waals surface area contributed by atoms with Gasteiger partial charge in [-0.1, -0.05) is 6.07 Å². The van der Waals surface area contributed by atoms with Gasteiger partial charge < -0.3 is 4.74 Å². The average molecular weight is 224 g/mol. The number of esters is 1. The molecule has 0 unspecified atom stereocenters. The van der Waals surface area contributed by atoms with E-state index in [1.807, 2.05) is 23.6 Å². The molecule has 0 amide bonds. The number of hydrogen-bond acceptors (Lipinski definition) is 4. The zero-order valence-electron chi connectivity index (χ0n) is 8.43. The number of carbonyl (C=O) groups excluding carboxylic acids is 2. The molecule has 1 aromatic rings. The van der Waals surface area contributed by atoms with Gasteiger partial charge in [-0.2, -0.15) is 0 Å². The molecule has 0 aliphatic rings. The Labute approximate surface area is 92.4 Å². The predicted molar refractivity (Wildman–Crippen MR) is 59.6 cm³/mol. The molecule has 0 aliphatic heterocycles. The molecule has 0 aliphatic carbocycles. The summed E-state index contributed by atoms with van der Waals surface area (Å²) in [5, 5.41) is 1.97. The van der Waals surface area contributed by atoms with E-state index in [4.69, 9.17) is 4.74 Å². The fourth-order valence-corrected chi connectivity index (χ4v) is 1.59. The van der Waals surface area contributed by atoms with Gasteiger partial charge in [-0.25, -0.2) is 0 Å². The topological polar surface area (TPSA) is 43.4 Å². The molecule has 0 aromatic carbocycles. The lowest BCUT2D eigenvalue weighted by molar-refractivity contribution is -0.144. The molecule has 0 atom stereocenters. The van der Waals surface area contributed by atoms with Crippen molar-refractivity contribution in [2.75, 3.05) is 6.61 Å². The van der Waals surface area contributed by atoms with Gasteiger partial charge in [0.15, 0.2) is 0 Å². The molecule has 15 heavy (non-hydrogen) atoms. The first-order chi connectivity index (χ1) is 7.18. The van der Waals surface area contributed by atoms with Gasteiger partial charge in [0.25, 0.3) is 0 Å². The van der Waals surface area contributed by atoms with Gasteiger partial charge >= 0.3 is 5.97 Å². The number of ketones is 1. The minimum Gasteiger partial charge on any atom is -0.461 e. The Morgan fingerprint density at radius 2 is 2.33 bits per heavy atom. The van der Waals surface area contributed by atoms with Gasteiger partial charge in [0.1, 0.15) is 18.8 Å². The molecule has 1 rings (SSSR count). The summed E-state index contributed by atoms with van der Waals surface area (Å²) >= 11 is 1.61. The summed E-state index contributed by atoms with van der Waals surface area (Å²) in [4.78, 5) is 22.6. The molecule has 0 fully saturated rings. The zero-order valence-corrected chi connectivity index (χ0v) is 9.25. The number of thiophene rings is 1. The second-order valence-electron chi connectivity index (χ2n) is 2.98. The highest BCUT2D eigenvalue weighted by molar-refractivity contribution is 7.10. The molecule has 1 aromatic heterocycles. The number of Topliss-reactive ketones (excluding diaryl/α,β-unsaturated/α-hetero) is 1. The van der Waals surface area contributed by atoms with Crippen LogP contribution in [0.5, 0.6) is 0 Å². The fourth-order valence-electron chi connectivity index (χ4n) is 0.946. The Hall–Kier alpha value is -1.42. The maximum absolute atomic E-state index is 10.9. The minimum absolute atomic E-state index is 0.146. The number of hydrogen-bond donors (Lipinski definition) is 0. The molecular weight excluding hydrogens is 212 g/mol. The molecule has 3 nitrogen and oxygen atoms in total. The molecule has 4 heteroatoms. The van der Waals surface area contributed by atoms with E-state index in [0.717, 1.165) is 4.88 Å². The van der Waals surface area contributed by atoms with Crippen molar-refractivity contribution in [3.05, 3.63) is 28.5 Å². The standard InChI is InChI=1S/C11H12O3S/c1-9(12)8-11(13)14-6-2-4-10-5-3-7-15-10/h2-5,7H,6,8H2,1H3/b4-2+. The van der Waals surface area contributed by atoms with E-state index in [2.05, 4.69) is 0 Å². The summed E-state index contributed by atoms with van der Waals surface area (Å²) in [5.41, 5.74) is 0. The van der Waals surface area contributed by atoms with Crippen LogP contribution >= 0.6 is 11.3 Å². The maximum atomic E-state index is 10.9. The summed E-state index contributed by atoms with van der Waals surface area (Å²) in [6.45, 7) is 1.58. The van der Waals surface area contributed by atoms with Crippen LogP contribution in [0.1, 0.15) is 18.2 Å². The second kappa shape index (κ2) is 6.14. The molecule has 0 saturated heterocycles. The van der Waals surface area contributed by atoms with Crippen LogP contribution in [-0.2, 0) is 14.3 Å². The summed E-state index contributed by atoms with van der Waals surface area (Å²) in [6.07, 6.45) is 3.49. The SMILES string of the molecule is CC(=O)CC(=O)OC/C=C/c1cccs1. The van der Waals surface area contributed by atoms with Gasteiger partial charge in [0, 0.05) is 4.88 Å². The third kappa shape index (κ3) is 5.12. The highest BCUT2D eigenvalue weighted by Gasteiger charge is 2.04. The first kappa shape index (κ1) is 11.7. The molecule has 80 valence electrons. The van der Waals surface area contributed by atoms with Crippen LogP contribution in [0.2, 0.25) is 0 Å². The number of rotatable bonds is 5. The first-order valence-electron chi connectivity index (χ1n) is 4.53. The highest BCUT2D eigenvalue weighted by atomic mass is 32.1. The Balaban J connectivity index is 2.21. The highest BCUT2D eigenvalue weighted by Crippen LogP contribution is 2.09. The Morgan fingerprint density at radius 1 is 1.53 bits per heavy atom. The van der Waals surface area contributed by atoms with Crippen molar-refractivity contribution in [1.82, 2.24) is 0 Å². The van der Waals surface area contributed by atoms with Gasteiger partial charge in [-0.15, -0.1) is 11.3 Å². The van der Waals surface area contributed by atoms with Crippen molar-refractivity contribution < 1.29 is 14.3 Å². The van der Waals surface area contributed by atoms with E-state index in [0.29, 0.717) is 0 Å². The van der Waals surface area contributed by atoms with Crippen molar-refractivity contribution in [2.24, 2.45) is 0 Å². The predicted octanol–water partition coefficient (Wildman–Crippen LogP) is 2.28. The van der Waals surface area contributed by atoms with Gasteiger partial charge in [0.2, 0.25) is 0 Å². The van der Waals surface area contributed by atoms with Crippen molar-refractivity contribution >= 4 is 29.2 Å². The molecule has 1 heterocycles. The van der Waals surface area contributed by atoms with E-state index < -0.39 is 5.97 Å². The van der Waals surface area contributed by atoms with E-state index in [-0.39, 0.29) is 18.8 Å². The van der Waals surface area contributed by atoms with Crippen molar-refractivity contribution in [1.29, 1.82) is 0 Å². The van der Waals surface area contributed by atoms with E-state index in [9.17, 15) is 9.59 Å². The Bertz CT molecular complexity index is 352. The van der Waals surface area contributed by atoms with Crippen molar-refractivity contribution in [2.45, 2.75) is 13.3 Å². The maximum Gasteiger partial charge on any atom is 0.313 e. The van der Waals surface area contributed by atoms with Crippen LogP contribution in [0.15, 0.2) is 23.6 Å². The molecule has 0 saturated carbocycles. The molecule has 0 radical (unpaired) electrons. The summed E-state index contributed by atoms with van der Waals surface area (Å²) < 4.78 is 4.81. The quantitative estimate of drug-likeness (QED) is 0.569. The molecule has 0 N–H and O–H groups in total. The lowest BCUT2D eigenvalue weighted by Crippen LogP contribution is -2.08. The fraction of sp³-hybridized carbons (Fsp3) is 0.273. The zero-order chi connectivity index (χ0) is 11.1. The summed E-state index contributed by atoms with van der Waals surface area (Å²) in [5.74, 6) is -0.652. The summed E-state index contributed by atoms with van der Waals surface area (Å²) in [7, 11) is 0. The van der Waals surface area contributed by atoms with E-state index in [1.54, 1.807) is 17.4 Å². The van der Waals surface area contributed by atoms with Crippen LogP contribution < -0.4 is 0 Å². The number of carbonyl (C=O) groups is 2. The lowest BCUT2D eigenvalue weighted by atomic mass is 10.3. The number of ether oxygens (including phenoxy) is 1. The van der Waals surface area contributed by atoms with Crippen LogP contribution in [0.4, 0.5) is 0 Å². The first-order valence-corrected chi connectivity index (χ1v) is 5.41. The molecular formula is C11H12O3S. The van der Waals surface area contributed by atoms with Crippen LogP contribution in [-0.4, -0.2) is 18.4 Å². The van der Waals surface area contributed by atoms with Crippen molar-refractivity contribution in [3.8, 4) is 0 Å². The molecule has 0 bridgehead atoms. The Kier molecular flexibility index (Phi) is 4.77. The smallest absolute Gasteiger partial charge is 0.313 e.